The van der Waals surface area contributed by atoms with Gasteiger partial charge in [0.2, 0.25) is 5.91 Å². The molecule has 1 aromatic heterocycles. The molecule has 0 aliphatic rings. The summed E-state index contributed by atoms with van der Waals surface area (Å²) in [5.41, 5.74) is 3.59. The molecule has 6 nitrogen and oxygen atoms in total. The van der Waals surface area contributed by atoms with E-state index in [1.807, 2.05) is 18.2 Å². The van der Waals surface area contributed by atoms with Crippen LogP contribution in [0.2, 0.25) is 5.02 Å². The SMILES string of the molecule is O=C(CCc1cc(-c2cccc(F)c2)n(-c2ccc(C(=O)O)cc2)n1)NCc1cccc(Cl)c1. The topological polar surface area (TPSA) is 84.2 Å². The van der Waals surface area contributed by atoms with Gasteiger partial charge in [0, 0.05) is 30.0 Å². The molecule has 0 radical (unpaired) electrons. The number of aryl methyl sites for hydroxylation is 1. The Labute approximate surface area is 200 Å². The van der Waals surface area contributed by atoms with Crippen LogP contribution in [0.3, 0.4) is 0 Å². The maximum Gasteiger partial charge on any atom is 0.335 e. The first-order chi connectivity index (χ1) is 16.4. The number of carbonyl (C=O) groups is 2. The van der Waals surface area contributed by atoms with E-state index < -0.39 is 5.97 Å². The molecule has 0 fully saturated rings. The zero-order valence-corrected chi connectivity index (χ0v) is 18.8. The summed E-state index contributed by atoms with van der Waals surface area (Å²) in [6.07, 6.45) is 0.599. The molecule has 1 heterocycles. The van der Waals surface area contributed by atoms with Gasteiger partial charge in [-0.15, -0.1) is 0 Å². The highest BCUT2D eigenvalue weighted by Gasteiger charge is 2.14. The van der Waals surface area contributed by atoms with E-state index >= 15 is 0 Å². The average Bonchev–Trinajstić information content (AvgIpc) is 3.26. The molecule has 8 heteroatoms. The van der Waals surface area contributed by atoms with E-state index in [0.29, 0.717) is 40.6 Å². The van der Waals surface area contributed by atoms with Crippen molar-refractivity contribution < 1.29 is 19.1 Å². The van der Waals surface area contributed by atoms with E-state index in [-0.39, 0.29) is 23.7 Å². The standard InChI is InChI=1S/C26H21ClFN3O3/c27-20-5-1-3-17(13-20)16-29-25(32)12-9-22-15-24(19-4-2-6-21(28)14-19)31(30-22)23-10-7-18(8-11-23)26(33)34/h1-8,10-11,13-15H,9,12,16H2,(H,29,32)(H,33,34). The summed E-state index contributed by atoms with van der Waals surface area (Å²) in [5, 5.41) is 17.2. The monoisotopic (exact) mass is 477 g/mol. The highest BCUT2D eigenvalue weighted by molar-refractivity contribution is 6.30. The predicted octanol–water partition coefficient (Wildman–Crippen LogP) is 5.28. The summed E-state index contributed by atoms with van der Waals surface area (Å²) < 4.78 is 15.5. The molecule has 2 N–H and O–H groups in total. The first kappa shape index (κ1) is 23.2. The molecule has 0 saturated carbocycles. The van der Waals surface area contributed by atoms with E-state index in [4.69, 9.17) is 16.7 Å². The number of carboxylic acid groups (broad SMARTS) is 1. The fourth-order valence-corrected chi connectivity index (χ4v) is 3.74. The second-order valence-corrected chi connectivity index (χ2v) is 8.14. The molecular weight excluding hydrogens is 457 g/mol. The van der Waals surface area contributed by atoms with Gasteiger partial charge in [-0.05, 0) is 60.2 Å². The summed E-state index contributed by atoms with van der Waals surface area (Å²) in [6.45, 7) is 0.373. The Bertz CT molecular complexity index is 1340. The highest BCUT2D eigenvalue weighted by atomic mass is 35.5. The molecule has 1 amide bonds. The minimum atomic E-state index is -1.03. The van der Waals surface area contributed by atoms with Gasteiger partial charge in [0.25, 0.3) is 0 Å². The first-order valence-corrected chi connectivity index (χ1v) is 11.0. The second-order valence-electron chi connectivity index (χ2n) is 7.70. The molecule has 0 spiro atoms. The molecule has 4 rings (SSSR count). The van der Waals surface area contributed by atoms with Crippen molar-refractivity contribution >= 4 is 23.5 Å². The second kappa shape index (κ2) is 10.3. The molecule has 0 aliphatic carbocycles. The summed E-state index contributed by atoms with van der Waals surface area (Å²) >= 11 is 5.98. The van der Waals surface area contributed by atoms with Crippen LogP contribution in [0, 0.1) is 5.82 Å². The number of carbonyl (C=O) groups excluding carboxylic acids is 1. The number of aromatic nitrogens is 2. The summed E-state index contributed by atoms with van der Waals surface area (Å²) in [5.74, 6) is -1.54. The van der Waals surface area contributed by atoms with Gasteiger partial charge in [0.1, 0.15) is 5.82 Å². The van der Waals surface area contributed by atoms with Crippen molar-refractivity contribution in [2.75, 3.05) is 0 Å². The lowest BCUT2D eigenvalue weighted by molar-refractivity contribution is -0.121. The van der Waals surface area contributed by atoms with E-state index in [2.05, 4.69) is 10.4 Å². The lowest BCUT2D eigenvalue weighted by Crippen LogP contribution is -2.23. The quantitative estimate of drug-likeness (QED) is 0.361. The first-order valence-electron chi connectivity index (χ1n) is 10.6. The van der Waals surface area contributed by atoms with E-state index in [0.717, 1.165) is 5.56 Å². The number of nitrogens with zero attached hydrogens (tertiary/aromatic N) is 2. The Hall–Kier alpha value is -3.97. The summed E-state index contributed by atoms with van der Waals surface area (Å²) in [4.78, 5) is 23.5. The number of rotatable bonds is 8. The van der Waals surface area contributed by atoms with Crippen LogP contribution in [0.15, 0.2) is 78.9 Å². The van der Waals surface area contributed by atoms with E-state index in [1.165, 1.54) is 24.3 Å². The Balaban J connectivity index is 1.53. The van der Waals surface area contributed by atoms with Gasteiger partial charge >= 0.3 is 5.97 Å². The van der Waals surface area contributed by atoms with Crippen LogP contribution in [0.25, 0.3) is 16.9 Å². The van der Waals surface area contributed by atoms with Crippen molar-refractivity contribution in [1.29, 1.82) is 0 Å². The third kappa shape index (κ3) is 5.68. The smallest absolute Gasteiger partial charge is 0.335 e. The van der Waals surface area contributed by atoms with Crippen molar-refractivity contribution in [2.45, 2.75) is 19.4 Å². The highest BCUT2D eigenvalue weighted by Crippen LogP contribution is 2.25. The number of aromatic carboxylic acids is 1. The third-order valence-electron chi connectivity index (χ3n) is 5.23. The van der Waals surface area contributed by atoms with Crippen LogP contribution in [0.1, 0.15) is 28.0 Å². The predicted molar refractivity (Wildman–Crippen MR) is 128 cm³/mol. The van der Waals surface area contributed by atoms with Gasteiger partial charge in [0.05, 0.1) is 22.6 Å². The molecule has 0 atom stereocenters. The number of amides is 1. The largest absolute Gasteiger partial charge is 0.478 e. The molecule has 0 saturated heterocycles. The van der Waals surface area contributed by atoms with Crippen molar-refractivity contribution in [3.8, 4) is 16.9 Å². The third-order valence-corrected chi connectivity index (χ3v) is 5.46. The van der Waals surface area contributed by atoms with Crippen LogP contribution >= 0.6 is 11.6 Å². The molecule has 0 bridgehead atoms. The maximum atomic E-state index is 13.9. The average molecular weight is 478 g/mol. The Morgan fingerprint density at radius 3 is 2.47 bits per heavy atom. The zero-order chi connectivity index (χ0) is 24.1. The number of benzene rings is 3. The number of carboxylic acids is 1. The van der Waals surface area contributed by atoms with Gasteiger partial charge in [0.15, 0.2) is 0 Å². The number of nitrogens with one attached hydrogen (secondary N) is 1. The van der Waals surface area contributed by atoms with Crippen LogP contribution in [0.4, 0.5) is 4.39 Å². The van der Waals surface area contributed by atoms with Gasteiger partial charge in [-0.2, -0.15) is 5.10 Å². The van der Waals surface area contributed by atoms with Crippen LogP contribution < -0.4 is 5.32 Å². The zero-order valence-electron chi connectivity index (χ0n) is 18.0. The molecule has 34 heavy (non-hydrogen) atoms. The Morgan fingerprint density at radius 2 is 1.76 bits per heavy atom. The van der Waals surface area contributed by atoms with Crippen molar-refractivity contribution in [1.82, 2.24) is 15.1 Å². The molecule has 0 aliphatic heterocycles. The molecular formula is C26H21ClFN3O3. The molecule has 4 aromatic rings. The van der Waals surface area contributed by atoms with Gasteiger partial charge < -0.3 is 10.4 Å². The number of hydrogen-bond acceptors (Lipinski definition) is 3. The van der Waals surface area contributed by atoms with E-state index in [1.54, 1.807) is 41.1 Å². The van der Waals surface area contributed by atoms with Crippen molar-refractivity contribution in [3.05, 3.63) is 107 Å². The van der Waals surface area contributed by atoms with Crippen LogP contribution in [-0.4, -0.2) is 26.8 Å². The van der Waals surface area contributed by atoms with E-state index in [9.17, 15) is 14.0 Å². The normalized spacial score (nSPS) is 10.8. The Kier molecular flexibility index (Phi) is 7.04. The summed E-state index contributed by atoms with van der Waals surface area (Å²) in [7, 11) is 0. The fraction of sp³-hybridized carbons (Fsp3) is 0.115. The fourth-order valence-electron chi connectivity index (χ4n) is 3.53. The summed E-state index contributed by atoms with van der Waals surface area (Å²) in [6, 6.07) is 21.5. The Morgan fingerprint density at radius 1 is 1.00 bits per heavy atom. The number of hydrogen-bond donors (Lipinski definition) is 2. The van der Waals surface area contributed by atoms with Crippen LogP contribution in [-0.2, 0) is 17.8 Å². The minimum Gasteiger partial charge on any atom is -0.478 e. The molecule has 172 valence electrons. The lowest BCUT2D eigenvalue weighted by Gasteiger charge is -2.08. The van der Waals surface area contributed by atoms with Crippen molar-refractivity contribution in [3.63, 3.8) is 0 Å². The van der Waals surface area contributed by atoms with Gasteiger partial charge in [-0.1, -0.05) is 35.9 Å². The van der Waals surface area contributed by atoms with Gasteiger partial charge in [-0.25, -0.2) is 13.9 Å². The molecule has 0 unspecified atom stereocenters. The number of halogens is 2. The van der Waals surface area contributed by atoms with Gasteiger partial charge in [-0.3, -0.25) is 4.79 Å². The minimum absolute atomic E-state index is 0.132. The maximum absolute atomic E-state index is 13.9. The molecule has 3 aromatic carbocycles. The van der Waals surface area contributed by atoms with Crippen molar-refractivity contribution in [2.24, 2.45) is 0 Å². The van der Waals surface area contributed by atoms with Crippen LogP contribution in [0.5, 0.6) is 0 Å². The lowest BCUT2D eigenvalue weighted by atomic mass is 10.1.